The summed E-state index contributed by atoms with van der Waals surface area (Å²) in [6, 6.07) is 3.93. The first kappa shape index (κ1) is 14.8. The molecule has 1 aliphatic rings. The summed E-state index contributed by atoms with van der Waals surface area (Å²) in [6.45, 7) is 8.95. The quantitative estimate of drug-likeness (QED) is 0.753. The Kier molecular flexibility index (Phi) is 4.24. The van der Waals surface area contributed by atoms with E-state index in [2.05, 4.69) is 42.0 Å². The molecule has 0 aromatic heterocycles. The fourth-order valence-corrected chi connectivity index (χ4v) is 3.82. The number of benzene rings is 1. The Morgan fingerprint density at radius 2 is 2.00 bits per heavy atom. The molecule has 0 aliphatic heterocycles. The average molecular weight is 328 g/mol. The Hall–Kier alpha value is -0.570. The zero-order valence-electron chi connectivity index (χ0n) is 12.2. The summed E-state index contributed by atoms with van der Waals surface area (Å²) in [4.78, 5) is 0. The molecule has 1 fully saturated rings. The third-order valence-electron chi connectivity index (χ3n) is 4.01. The average Bonchev–Trinajstić information content (AvgIpc) is 2.22. The Morgan fingerprint density at radius 3 is 2.63 bits per heavy atom. The summed E-state index contributed by atoms with van der Waals surface area (Å²) in [7, 11) is 0. The number of hydrogen-bond donors (Lipinski definition) is 1. The summed E-state index contributed by atoms with van der Waals surface area (Å²) in [6.07, 6.45) is 3.65. The van der Waals surface area contributed by atoms with Crippen molar-refractivity contribution in [2.75, 3.05) is 5.32 Å². The van der Waals surface area contributed by atoms with Crippen LogP contribution in [-0.4, -0.2) is 6.04 Å². The minimum Gasteiger partial charge on any atom is -0.382 e. The largest absolute Gasteiger partial charge is 0.382 e. The highest BCUT2D eigenvalue weighted by Crippen LogP contribution is 2.40. The second-order valence-electron chi connectivity index (χ2n) is 6.84. The smallest absolute Gasteiger partial charge is 0.137 e. The Bertz CT molecular complexity index is 470. The standard InChI is InChI=1S/C16H23BrFN/c1-10-5-12(9-16(3,4)8-10)19-15-7-13(17)14(18)6-11(15)2/h6-7,10,12,19H,5,8-9H2,1-4H3. The molecule has 1 aliphatic carbocycles. The van der Waals surface area contributed by atoms with Crippen LogP contribution in [0.3, 0.4) is 0 Å². The molecule has 3 heteroatoms. The van der Waals surface area contributed by atoms with Crippen LogP contribution in [0.4, 0.5) is 10.1 Å². The molecule has 0 heterocycles. The fraction of sp³-hybridized carbons (Fsp3) is 0.625. The number of halogens is 2. The van der Waals surface area contributed by atoms with Crippen molar-refractivity contribution in [2.24, 2.45) is 11.3 Å². The minimum absolute atomic E-state index is 0.194. The normalized spacial score (nSPS) is 26.2. The van der Waals surface area contributed by atoms with E-state index in [0.717, 1.165) is 17.2 Å². The Balaban J connectivity index is 2.15. The van der Waals surface area contributed by atoms with Crippen LogP contribution in [-0.2, 0) is 0 Å². The van der Waals surface area contributed by atoms with Gasteiger partial charge in [0, 0.05) is 11.7 Å². The van der Waals surface area contributed by atoms with Gasteiger partial charge in [0.2, 0.25) is 0 Å². The zero-order valence-corrected chi connectivity index (χ0v) is 13.8. The lowest BCUT2D eigenvalue weighted by Gasteiger charge is -2.39. The molecule has 1 N–H and O–H groups in total. The van der Waals surface area contributed by atoms with Crippen LogP contribution in [0.25, 0.3) is 0 Å². The molecule has 1 nitrogen and oxygen atoms in total. The highest BCUT2D eigenvalue weighted by atomic mass is 79.9. The van der Waals surface area contributed by atoms with Crippen molar-refractivity contribution < 1.29 is 4.39 Å². The van der Waals surface area contributed by atoms with Crippen molar-refractivity contribution in [3.8, 4) is 0 Å². The third kappa shape index (κ3) is 3.71. The molecular formula is C16H23BrFN. The molecular weight excluding hydrogens is 305 g/mol. The van der Waals surface area contributed by atoms with Crippen molar-refractivity contribution in [2.45, 2.75) is 53.0 Å². The van der Waals surface area contributed by atoms with Gasteiger partial charge in [-0.2, -0.15) is 0 Å². The molecule has 19 heavy (non-hydrogen) atoms. The maximum Gasteiger partial charge on any atom is 0.137 e. The zero-order chi connectivity index (χ0) is 14.2. The van der Waals surface area contributed by atoms with E-state index in [4.69, 9.17) is 0 Å². The topological polar surface area (TPSA) is 12.0 Å². The molecule has 0 saturated heterocycles. The second-order valence-corrected chi connectivity index (χ2v) is 7.69. The van der Waals surface area contributed by atoms with Crippen molar-refractivity contribution in [3.63, 3.8) is 0 Å². The number of hydrogen-bond acceptors (Lipinski definition) is 1. The molecule has 1 aromatic rings. The van der Waals surface area contributed by atoms with Gasteiger partial charge in [0.25, 0.3) is 0 Å². The summed E-state index contributed by atoms with van der Waals surface area (Å²) in [5.41, 5.74) is 2.40. The molecule has 1 aromatic carbocycles. The van der Waals surface area contributed by atoms with Crippen LogP contribution >= 0.6 is 15.9 Å². The first-order valence-electron chi connectivity index (χ1n) is 6.99. The highest BCUT2D eigenvalue weighted by molar-refractivity contribution is 9.10. The van der Waals surface area contributed by atoms with E-state index in [1.807, 2.05) is 13.0 Å². The molecule has 0 amide bonds. The SMILES string of the molecule is Cc1cc(F)c(Br)cc1NC1CC(C)CC(C)(C)C1. The van der Waals surface area contributed by atoms with E-state index in [1.54, 1.807) is 6.07 Å². The number of rotatable bonds is 2. The van der Waals surface area contributed by atoms with Gasteiger partial charge in [0.15, 0.2) is 0 Å². The van der Waals surface area contributed by atoms with Gasteiger partial charge < -0.3 is 5.32 Å². The summed E-state index contributed by atoms with van der Waals surface area (Å²) < 4.78 is 14.0. The highest BCUT2D eigenvalue weighted by Gasteiger charge is 2.32. The van der Waals surface area contributed by atoms with Gasteiger partial charge in [0.05, 0.1) is 4.47 Å². The van der Waals surface area contributed by atoms with Gasteiger partial charge >= 0.3 is 0 Å². The van der Waals surface area contributed by atoms with Crippen molar-refractivity contribution >= 4 is 21.6 Å². The van der Waals surface area contributed by atoms with Gasteiger partial charge in [0.1, 0.15) is 5.82 Å². The van der Waals surface area contributed by atoms with E-state index in [1.165, 1.54) is 19.3 Å². The van der Waals surface area contributed by atoms with Crippen molar-refractivity contribution in [3.05, 3.63) is 28.0 Å². The van der Waals surface area contributed by atoms with E-state index in [0.29, 0.717) is 15.9 Å². The fourth-order valence-electron chi connectivity index (χ4n) is 3.48. The van der Waals surface area contributed by atoms with Gasteiger partial charge in [-0.1, -0.05) is 20.8 Å². The monoisotopic (exact) mass is 327 g/mol. The van der Waals surface area contributed by atoms with E-state index >= 15 is 0 Å². The van der Waals surface area contributed by atoms with Crippen LogP contribution in [0.5, 0.6) is 0 Å². The molecule has 0 spiro atoms. The second kappa shape index (κ2) is 5.43. The molecule has 106 valence electrons. The maximum atomic E-state index is 13.4. The lowest BCUT2D eigenvalue weighted by Crippen LogP contribution is -2.35. The van der Waals surface area contributed by atoms with Gasteiger partial charge in [-0.05, 0) is 71.1 Å². The van der Waals surface area contributed by atoms with E-state index in [9.17, 15) is 4.39 Å². The van der Waals surface area contributed by atoms with Crippen LogP contribution in [0, 0.1) is 24.1 Å². The first-order chi connectivity index (χ1) is 8.77. The van der Waals surface area contributed by atoms with Gasteiger partial charge in [-0.3, -0.25) is 0 Å². The molecule has 0 bridgehead atoms. The van der Waals surface area contributed by atoms with Crippen molar-refractivity contribution in [1.29, 1.82) is 0 Å². The maximum absolute atomic E-state index is 13.4. The molecule has 1 saturated carbocycles. The Morgan fingerprint density at radius 1 is 1.32 bits per heavy atom. The molecule has 2 unspecified atom stereocenters. The van der Waals surface area contributed by atoms with Crippen LogP contribution < -0.4 is 5.32 Å². The molecule has 0 radical (unpaired) electrons. The predicted molar refractivity (Wildman–Crippen MR) is 83.0 cm³/mol. The lowest BCUT2D eigenvalue weighted by atomic mass is 9.70. The number of aryl methyl sites for hydroxylation is 1. The third-order valence-corrected chi connectivity index (χ3v) is 4.62. The number of nitrogens with one attached hydrogen (secondary N) is 1. The summed E-state index contributed by atoms with van der Waals surface area (Å²) >= 11 is 3.26. The lowest BCUT2D eigenvalue weighted by molar-refractivity contribution is 0.178. The summed E-state index contributed by atoms with van der Waals surface area (Å²) in [5, 5.41) is 3.61. The van der Waals surface area contributed by atoms with Crippen LogP contribution in [0.15, 0.2) is 16.6 Å². The van der Waals surface area contributed by atoms with Gasteiger partial charge in [-0.15, -0.1) is 0 Å². The van der Waals surface area contributed by atoms with E-state index < -0.39 is 0 Å². The predicted octanol–water partition coefficient (Wildman–Crippen LogP) is 5.52. The van der Waals surface area contributed by atoms with Crippen molar-refractivity contribution in [1.82, 2.24) is 0 Å². The van der Waals surface area contributed by atoms with E-state index in [-0.39, 0.29) is 5.82 Å². The first-order valence-corrected chi connectivity index (χ1v) is 7.78. The molecule has 2 rings (SSSR count). The Labute approximate surface area is 124 Å². The number of anilines is 1. The van der Waals surface area contributed by atoms with Gasteiger partial charge in [-0.25, -0.2) is 4.39 Å². The van der Waals surface area contributed by atoms with Crippen LogP contribution in [0.2, 0.25) is 0 Å². The molecule has 2 atom stereocenters. The minimum atomic E-state index is -0.194. The van der Waals surface area contributed by atoms with Crippen LogP contribution in [0.1, 0.15) is 45.6 Å². The summed E-state index contributed by atoms with van der Waals surface area (Å²) in [5.74, 6) is 0.547.